The van der Waals surface area contributed by atoms with Gasteiger partial charge in [0.15, 0.2) is 0 Å². The van der Waals surface area contributed by atoms with Crippen LogP contribution in [0.1, 0.15) is 11.6 Å². The molecule has 1 unspecified atom stereocenters. The number of carbonyl (C=O) groups excluding carboxylic acids is 1. The Kier molecular flexibility index (Phi) is 3.96. The molecule has 1 aliphatic rings. The second-order valence-corrected chi connectivity index (χ2v) is 4.05. The Bertz CT molecular complexity index is 547. The van der Waals surface area contributed by atoms with Crippen molar-refractivity contribution in [2.24, 2.45) is 4.99 Å². The number of nitro benzene ring substituents is 1. The normalized spacial score (nSPS) is 16.4. The summed E-state index contributed by atoms with van der Waals surface area (Å²) in [5, 5.41) is 13.8. The van der Waals surface area contributed by atoms with Gasteiger partial charge in [-0.1, -0.05) is 0 Å². The molecule has 1 aliphatic heterocycles. The monoisotopic (exact) mass is 283 g/mol. The quantitative estimate of drug-likeness (QED) is 0.385. The van der Waals surface area contributed by atoms with Crippen LogP contribution < -0.4 is 10.1 Å². The van der Waals surface area contributed by atoms with Crippen molar-refractivity contribution in [3.63, 3.8) is 0 Å². The van der Waals surface area contributed by atoms with Gasteiger partial charge in [-0.3, -0.25) is 15.1 Å². The number of fused-ring (bicyclic) bond motifs is 1. The zero-order chi connectivity index (χ0) is 13.8. The van der Waals surface area contributed by atoms with E-state index in [4.69, 9.17) is 16.3 Å². The number of benzene rings is 1. The average Bonchev–Trinajstić information content (AvgIpc) is 2.43. The van der Waals surface area contributed by atoms with Crippen molar-refractivity contribution in [2.75, 3.05) is 17.8 Å². The average molecular weight is 284 g/mol. The Morgan fingerprint density at radius 1 is 1.58 bits per heavy atom. The standard InChI is InChI=1S/C11H10ClN3O4/c12-3-4-19-11-9(15(17)18)2-1-7-10(11)8(5-16)14-6-13-7/h1-2,5-6,8H,3-4H2,(H,13,14). The zero-order valence-electron chi connectivity index (χ0n) is 9.71. The van der Waals surface area contributed by atoms with E-state index in [0.29, 0.717) is 17.5 Å². The van der Waals surface area contributed by atoms with Crippen LogP contribution in [0, 0.1) is 10.1 Å². The van der Waals surface area contributed by atoms with Gasteiger partial charge in [0.1, 0.15) is 18.9 Å². The molecule has 0 bridgehead atoms. The number of rotatable bonds is 5. The van der Waals surface area contributed by atoms with E-state index < -0.39 is 11.0 Å². The minimum absolute atomic E-state index is 0.0320. The number of hydrogen-bond acceptors (Lipinski definition) is 6. The molecular formula is C11H10ClN3O4. The van der Waals surface area contributed by atoms with Gasteiger partial charge in [-0.25, -0.2) is 0 Å². The fraction of sp³-hybridized carbons (Fsp3) is 0.273. The Morgan fingerprint density at radius 2 is 2.37 bits per heavy atom. The van der Waals surface area contributed by atoms with Crippen LogP contribution in [-0.4, -0.2) is 30.0 Å². The number of carbonyl (C=O) groups is 1. The maximum Gasteiger partial charge on any atom is 0.311 e. The van der Waals surface area contributed by atoms with E-state index >= 15 is 0 Å². The van der Waals surface area contributed by atoms with E-state index in [0.717, 1.165) is 0 Å². The summed E-state index contributed by atoms with van der Waals surface area (Å²) in [6.45, 7) is 0.105. The summed E-state index contributed by atoms with van der Waals surface area (Å²) in [6.07, 6.45) is 1.98. The summed E-state index contributed by atoms with van der Waals surface area (Å²) in [5.41, 5.74) is 0.703. The highest BCUT2D eigenvalue weighted by molar-refractivity contribution is 6.18. The Labute approximate surface area is 113 Å². The van der Waals surface area contributed by atoms with Crippen molar-refractivity contribution in [2.45, 2.75) is 6.04 Å². The molecule has 0 fully saturated rings. The topological polar surface area (TPSA) is 93.8 Å². The molecule has 1 N–H and O–H groups in total. The molecule has 1 aromatic carbocycles. The van der Waals surface area contributed by atoms with Crippen LogP contribution in [0.25, 0.3) is 0 Å². The molecule has 1 heterocycles. The number of hydrogen-bond donors (Lipinski definition) is 1. The lowest BCUT2D eigenvalue weighted by atomic mass is 10.0. The summed E-state index contributed by atoms with van der Waals surface area (Å²) in [7, 11) is 0. The highest BCUT2D eigenvalue weighted by Crippen LogP contribution is 2.41. The second kappa shape index (κ2) is 5.66. The van der Waals surface area contributed by atoms with E-state index in [1.165, 1.54) is 18.5 Å². The van der Waals surface area contributed by atoms with Crippen molar-refractivity contribution < 1.29 is 14.5 Å². The number of ether oxygens (including phenoxy) is 1. The lowest BCUT2D eigenvalue weighted by molar-refractivity contribution is -0.385. The molecular weight excluding hydrogens is 274 g/mol. The third-order valence-corrected chi connectivity index (χ3v) is 2.73. The van der Waals surface area contributed by atoms with Crippen LogP contribution in [-0.2, 0) is 4.79 Å². The first-order chi connectivity index (χ1) is 9.19. The molecule has 0 radical (unpaired) electrons. The van der Waals surface area contributed by atoms with Gasteiger partial charge in [0.05, 0.1) is 22.7 Å². The maximum absolute atomic E-state index is 11.0. The van der Waals surface area contributed by atoms with E-state index in [-0.39, 0.29) is 23.9 Å². The van der Waals surface area contributed by atoms with Crippen molar-refractivity contribution in [1.82, 2.24) is 0 Å². The number of halogens is 1. The number of nitro groups is 1. The minimum atomic E-state index is -0.818. The lowest BCUT2D eigenvalue weighted by Gasteiger charge is -2.20. The zero-order valence-corrected chi connectivity index (χ0v) is 10.5. The van der Waals surface area contributed by atoms with Crippen LogP contribution in [0.4, 0.5) is 11.4 Å². The molecule has 7 nitrogen and oxygen atoms in total. The first-order valence-corrected chi connectivity index (χ1v) is 5.96. The van der Waals surface area contributed by atoms with Crippen molar-refractivity contribution in [3.05, 3.63) is 27.8 Å². The van der Waals surface area contributed by atoms with Crippen molar-refractivity contribution in [3.8, 4) is 5.75 Å². The van der Waals surface area contributed by atoms with Gasteiger partial charge in [0.2, 0.25) is 5.75 Å². The molecule has 0 aliphatic carbocycles. The number of aliphatic imine (C=N–C) groups is 1. The van der Waals surface area contributed by atoms with Gasteiger partial charge in [0.25, 0.3) is 0 Å². The smallest absolute Gasteiger partial charge is 0.311 e. The first kappa shape index (κ1) is 13.3. The van der Waals surface area contributed by atoms with Crippen LogP contribution in [0.5, 0.6) is 5.75 Å². The molecule has 8 heteroatoms. The minimum Gasteiger partial charge on any atom is -0.485 e. The summed E-state index contributed by atoms with van der Waals surface area (Å²) in [5.74, 6) is 0.216. The van der Waals surface area contributed by atoms with Crippen LogP contribution in [0.3, 0.4) is 0 Å². The van der Waals surface area contributed by atoms with Crippen molar-refractivity contribution in [1.29, 1.82) is 0 Å². The molecule has 0 spiro atoms. The van der Waals surface area contributed by atoms with Crippen LogP contribution in [0.15, 0.2) is 17.1 Å². The van der Waals surface area contributed by atoms with Gasteiger partial charge >= 0.3 is 5.69 Å². The predicted octanol–water partition coefficient (Wildman–Crippen LogP) is 1.91. The van der Waals surface area contributed by atoms with E-state index in [1.54, 1.807) is 0 Å². The van der Waals surface area contributed by atoms with Gasteiger partial charge in [-0.05, 0) is 6.07 Å². The Balaban J connectivity index is 2.57. The molecule has 0 amide bonds. The van der Waals surface area contributed by atoms with Gasteiger partial charge in [0, 0.05) is 11.8 Å². The molecule has 0 saturated carbocycles. The molecule has 100 valence electrons. The highest BCUT2D eigenvalue weighted by atomic mass is 35.5. The fourth-order valence-corrected chi connectivity index (χ4v) is 1.89. The molecule has 0 aromatic heterocycles. The Hall–Kier alpha value is -2.15. The first-order valence-electron chi connectivity index (χ1n) is 5.42. The Morgan fingerprint density at radius 3 is 3.00 bits per heavy atom. The maximum atomic E-state index is 11.0. The van der Waals surface area contributed by atoms with Crippen LogP contribution in [0.2, 0.25) is 0 Å². The number of nitrogens with zero attached hydrogens (tertiary/aromatic N) is 2. The van der Waals surface area contributed by atoms with E-state index in [2.05, 4.69) is 10.3 Å². The third kappa shape index (κ3) is 2.50. The van der Waals surface area contributed by atoms with Gasteiger partial charge in [-0.15, -0.1) is 11.6 Å². The van der Waals surface area contributed by atoms with Gasteiger partial charge < -0.3 is 14.8 Å². The number of aldehydes is 1. The third-order valence-electron chi connectivity index (χ3n) is 2.58. The van der Waals surface area contributed by atoms with Gasteiger partial charge in [-0.2, -0.15) is 0 Å². The number of anilines is 1. The lowest BCUT2D eigenvalue weighted by Crippen LogP contribution is -2.15. The predicted molar refractivity (Wildman–Crippen MR) is 70.2 cm³/mol. The van der Waals surface area contributed by atoms with E-state index in [9.17, 15) is 14.9 Å². The SMILES string of the molecule is O=CC1N=CNc2ccc([N+](=O)[O-])c(OCCCl)c21. The highest BCUT2D eigenvalue weighted by Gasteiger charge is 2.28. The largest absolute Gasteiger partial charge is 0.485 e. The molecule has 19 heavy (non-hydrogen) atoms. The summed E-state index contributed by atoms with van der Waals surface area (Å²) >= 11 is 5.53. The summed E-state index contributed by atoms with van der Waals surface area (Å²) in [4.78, 5) is 25.4. The molecule has 2 rings (SSSR count). The molecule has 1 atom stereocenters. The summed E-state index contributed by atoms with van der Waals surface area (Å²) < 4.78 is 5.33. The van der Waals surface area contributed by atoms with Crippen molar-refractivity contribution >= 4 is 35.6 Å². The summed E-state index contributed by atoms with van der Waals surface area (Å²) in [6, 6.07) is 2.01. The second-order valence-electron chi connectivity index (χ2n) is 3.67. The fourth-order valence-electron chi connectivity index (χ4n) is 1.81. The number of alkyl halides is 1. The van der Waals surface area contributed by atoms with E-state index in [1.807, 2.05) is 0 Å². The number of nitrogens with one attached hydrogen (secondary N) is 1. The molecule has 1 aromatic rings. The molecule has 0 saturated heterocycles. The van der Waals surface area contributed by atoms with Crippen LogP contribution >= 0.6 is 11.6 Å².